The Kier molecular flexibility index (Phi) is 32.6. The number of rotatable bonds is 16. The largest absolute Gasteiger partial charge is 1.00 e. The van der Waals surface area contributed by atoms with Crippen LogP contribution >= 0.6 is 31.7 Å². The van der Waals surface area contributed by atoms with Gasteiger partial charge in [-0.2, -0.15) is 0 Å². The minimum atomic E-state index is -1.72. The molecule has 0 spiro atoms. The van der Waals surface area contributed by atoms with Crippen molar-refractivity contribution < 1.29 is 89.5 Å². The first-order valence-corrected chi connectivity index (χ1v) is 46.0. The molecule has 10 heteroatoms. The van der Waals surface area contributed by atoms with E-state index in [2.05, 4.69) is 341 Å². The van der Waals surface area contributed by atoms with Gasteiger partial charge in [0, 0.05) is 0 Å². The van der Waals surface area contributed by atoms with Gasteiger partial charge in [0.05, 0.1) is 86.4 Å². The van der Waals surface area contributed by atoms with Crippen molar-refractivity contribution in [3.8, 4) is 45.9 Å². The molecule has 0 unspecified atom stereocenters. The molecule has 0 atom stereocenters. The molecule has 0 aromatic heterocycles. The second-order valence-corrected chi connectivity index (χ2v) is 44.4. The molecular weight excluding hydrogens is 2050 g/mol. The molecule has 2 heterocycles. The molecule has 0 saturated heterocycles. The third-order valence-corrected chi connectivity index (χ3v) is 37.6. The summed E-state index contributed by atoms with van der Waals surface area (Å²) in [6.07, 6.45) is 36.9. The van der Waals surface area contributed by atoms with Crippen LogP contribution < -0.4 is 63.2 Å². The Morgan fingerprint density at radius 3 is 0.550 bits per heavy atom. The fourth-order valence-corrected chi connectivity index (χ4v) is 31.4. The first-order chi connectivity index (χ1) is 47.0. The van der Waals surface area contributed by atoms with Gasteiger partial charge in [0.1, 0.15) is 28.5 Å². The first-order valence-electron chi connectivity index (χ1n) is 33.2. The van der Waals surface area contributed by atoms with Crippen molar-refractivity contribution in [2.75, 3.05) is 24.6 Å². The molecule has 100 heavy (non-hydrogen) atoms. The predicted molar refractivity (Wildman–Crippen MR) is 433 cm³/mol. The molecule has 12 aromatic carbocycles. The second kappa shape index (κ2) is 40.2. The van der Waals surface area contributed by atoms with Crippen molar-refractivity contribution >= 4 is 111 Å². The number of benzene rings is 12. The smallest absolute Gasteiger partial charge is 0.366 e. The molecule has 12 aromatic rings. The van der Waals surface area contributed by atoms with Gasteiger partial charge in [0.25, 0.3) is 0 Å². The van der Waals surface area contributed by atoms with Crippen LogP contribution in [0.15, 0.2) is 315 Å². The van der Waals surface area contributed by atoms with Crippen molar-refractivity contribution in [2.24, 2.45) is 0 Å². The zero-order chi connectivity index (χ0) is 66.7. The van der Waals surface area contributed by atoms with Crippen molar-refractivity contribution in [1.82, 2.24) is 0 Å². The average Bonchev–Trinajstić information content (AvgIpc) is 1.59. The van der Waals surface area contributed by atoms with Gasteiger partial charge in [0.2, 0.25) is 0 Å². The van der Waals surface area contributed by atoms with Crippen molar-refractivity contribution in [3.05, 3.63) is 363 Å². The van der Waals surface area contributed by atoms with Crippen LogP contribution in [0, 0.1) is 49.4 Å². The summed E-state index contributed by atoms with van der Waals surface area (Å²) in [4.78, 5) is 0. The molecule has 0 fully saturated rings. The maximum atomic E-state index is 7.29. The van der Waals surface area contributed by atoms with Gasteiger partial charge in [-0.15, -0.1) is 70.8 Å². The normalized spacial score (nSPS) is 11.8. The molecular formula is C90H80Au4P4Si2+4. The Hall–Kier alpha value is -6.01. The SMILES string of the molecule is [Au+].[Au+].[Au+].[Au+].[C-]#Cc1ccc2c(c1)[Si](C)(C)c1cc(C#[C-])ccc1-2.[C-]#Cc1ccc2c(c1)[Si](C)(C)c1cc(C#[C-])ccc1-2.c1ccc([PH+](CCCC[PH+](c2ccccc2)c2ccccc2)c2ccccc2)cc1.c1ccc([PH+](CC[PH+](c2ccccc2)c2ccccc2)c2ccccc2)cc1. The van der Waals surface area contributed by atoms with E-state index in [1.54, 1.807) is 0 Å². The van der Waals surface area contributed by atoms with E-state index in [4.69, 9.17) is 25.7 Å². The maximum Gasteiger partial charge on any atom is 1.00 e. The van der Waals surface area contributed by atoms with Gasteiger partial charge in [-0.1, -0.05) is 217 Å². The third-order valence-electron chi connectivity index (χ3n) is 18.6. The number of hydrogen-bond acceptors (Lipinski definition) is 0. The van der Waals surface area contributed by atoms with E-state index in [1.807, 2.05) is 24.3 Å². The van der Waals surface area contributed by atoms with E-state index in [9.17, 15) is 0 Å². The zero-order valence-electron chi connectivity index (χ0n) is 56.5. The van der Waals surface area contributed by atoms with Gasteiger partial charge in [-0.05, 0) is 132 Å². The quantitative estimate of drug-likeness (QED) is 0.0297. The van der Waals surface area contributed by atoms with Crippen molar-refractivity contribution in [2.45, 2.75) is 39.0 Å². The fraction of sp³-hybridized carbons (Fsp3) is 0.111. The molecule has 0 aliphatic carbocycles. The van der Waals surface area contributed by atoms with Crippen LogP contribution in [0.1, 0.15) is 35.1 Å². The van der Waals surface area contributed by atoms with Gasteiger partial charge >= 0.3 is 89.5 Å². The monoisotopic (exact) mass is 2130 g/mol. The summed E-state index contributed by atoms with van der Waals surface area (Å²) in [7, 11) is -6.44. The van der Waals surface area contributed by atoms with Crippen LogP contribution in [-0.4, -0.2) is 40.8 Å². The van der Waals surface area contributed by atoms with Crippen LogP contribution in [0.2, 0.25) is 26.2 Å². The third kappa shape index (κ3) is 20.2. The number of unbranched alkanes of at least 4 members (excludes halogenated alkanes) is 1. The van der Waals surface area contributed by atoms with Crippen LogP contribution in [-0.2, 0) is 89.5 Å². The van der Waals surface area contributed by atoms with Gasteiger partial charge in [0.15, 0.2) is 0 Å². The summed E-state index contributed by atoms with van der Waals surface area (Å²) in [5, 5.41) is 17.6. The van der Waals surface area contributed by atoms with Crippen LogP contribution in [0.4, 0.5) is 0 Å². The fourth-order valence-electron chi connectivity index (χ4n) is 13.6. The Balaban J connectivity index is 0.000000188. The molecule has 0 bridgehead atoms. The Bertz CT molecular complexity index is 4120. The van der Waals surface area contributed by atoms with E-state index in [1.165, 1.54) is 123 Å². The van der Waals surface area contributed by atoms with Gasteiger partial charge < -0.3 is 25.7 Å². The Labute approximate surface area is 666 Å². The summed E-state index contributed by atoms with van der Waals surface area (Å²) in [5.41, 5.74) is 8.47. The Morgan fingerprint density at radius 1 is 0.230 bits per heavy atom. The van der Waals surface area contributed by atoms with Gasteiger partial charge in [-0.3, -0.25) is 23.7 Å². The minimum absolute atomic E-state index is 0. The summed E-state index contributed by atoms with van der Waals surface area (Å²) in [5.74, 6) is 9.89. The summed E-state index contributed by atoms with van der Waals surface area (Å²) in [6.45, 7) is 9.27. The molecule has 508 valence electrons. The summed E-state index contributed by atoms with van der Waals surface area (Å²) >= 11 is 0. The van der Waals surface area contributed by atoms with E-state index in [-0.39, 0.29) is 89.5 Å². The van der Waals surface area contributed by atoms with Crippen LogP contribution in [0.3, 0.4) is 0 Å². The van der Waals surface area contributed by atoms with Crippen molar-refractivity contribution in [1.29, 1.82) is 0 Å². The number of fused-ring (bicyclic) bond motifs is 6. The molecule has 0 amide bonds. The molecule has 0 nitrogen and oxygen atoms in total. The Morgan fingerprint density at radius 2 is 0.390 bits per heavy atom. The van der Waals surface area contributed by atoms with E-state index >= 15 is 0 Å². The van der Waals surface area contributed by atoms with Gasteiger partial charge in [-0.25, -0.2) is 0 Å². The minimum Gasteiger partial charge on any atom is -0.366 e. The van der Waals surface area contributed by atoms with E-state index < -0.39 is 47.8 Å². The summed E-state index contributed by atoms with van der Waals surface area (Å²) in [6, 6.07) is 114. The molecule has 0 saturated carbocycles. The predicted octanol–water partition coefficient (Wildman–Crippen LogP) is 14.9. The van der Waals surface area contributed by atoms with Crippen molar-refractivity contribution in [3.63, 3.8) is 0 Å². The maximum absolute atomic E-state index is 7.29. The molecule has 14 rings (SSSR count). The molecule has 0 N–H and O–H groups in total. The second-order valence-electron chi connectivity index (χ2n) is 25.3. The molecule has 0 radical (unpaired) electrons. The van der Waals surface area contributed by atoms with E-state index in [0.717, 1.165) is 22.3 Å². The topological polar surface area (TPSA) is 0 Å². The molecule has 2 aliphatic rings. The zero-order valence-corrected chi connectivity index (χ0v) is 71.1. The summed E-state index contributed by atoms with van der Waals surface area (Å²) < 4.78 is 0. The standard InChI is InChI=1S/C28H28P2.C26H24P2.2C18H12Si.4Au/c1-5-15-25(16-6-1)29(26-17-7-2-8-18-26)23-13-14-24-30(27-19-9-3-10-20-27)28-21-11-4-12-22-28;1-5-13-23(14-6-1)27(24-15-7-2-8-16-24)21-22-28(25-17-9-3-10-18-25)26-19-11-4-12-20-26;2*1-5-13-7-9-15-16-10-8-14(6-2)12-18(16)19(3,4)17(15)11-13;;;;/h1-12,15-22H,13-14,23-24H2;1-20H,21-22H2;2*7-12H,3-4H3;;;;/q;;2*-2;4*+1/p+4. The van der Waals surface area contributed by atoms with Crippen LogP contribution in [0.5, 0.6) is 0 Å². The number of hydrogen-bond donors (Lipinski definition) is 0. The first kappa shape index (κ1) is 81.3. The molecule has 2 aliphatic heterocycles. The van der Waals surface area contributed by atoms with Crippen LogP contribution in [0.25, 0.3) is 22.3 Å². The average molecular weight is 2130 g/mol. The van der Waals surface area contributed by atoms with E-state index in [0.29, 0.717) is 0 Å².